The first kappa shape index (κ1) is 16.2. The Hall–Kier alpha value is -3.22. The Kier molecular flexibility index (Phi) is 5.81. The first-order chi connectivity index (χ1) is 11.2. The lowest BCUT2D eigenvalue weighted by molar-refractivity contribution is -0.139. The number of para-hydroxylation sites is 1. The maximum atomic E-state index is 11.6. The van der Waals surface area contributed by atoms with E-state index in [0.29, 0.717) is 11.3 Å². The third kappa shape index (κ3) is 4.92. The largest absolute Gasteiger partial charge is 0.496 e. The molecule has 0 aliphatic carbocycles. The molecule has 0 atom stereocenters. The van der Waals surface area contributed by atoms with Crippen LogP contribution in [0.3, 0.4) is 0 Å². The third-order valence-electron chi connectivity index (χ3n) is 2.92. The van der Waals surface area contributed by atoms with Crippen molar-refractivity contribution in [2.45, 2.75) is 6.54 Å². The smallest absolute Gasteiger partial charge is 0.329 e. The fraction of sp³-hybridized carbons (Fsp3) is 0.125. The number of hydrogen-bond acceptors (Lipinski definition) is 5. The van der Waals surface area contributed by atoms with E-state index in [9.17, 15) is 9.59 Å². The molecule has 2 rings (SSSR count). The average molecular weight is 312 g/mol. The van der Waals surface area contributed by atoms with E-state index >= 15 is 0 Å². The highest BCUT2D eigenvalue weighted by Gasteiger charge is 2.11. The van der Waals surface area contributed by atoms with Crippen molar-refractivity contribution in [1.29, 1.82) is 0 Å². The van der Waals surface area contributed by atoms with Gasteiger partial charge in [-0.2, -0.15) is 5.10 Å². The predicted molar refractivity (Wildman–Crippen MR) is 84.8 cm³/mol. The molecular weight excluding hydrogens is 296 g/mol. The van der Waals surface area contributed by atoms with Crippen LogP contribution in [0.1, 0.15) is 11.1 Å². The van der Waals surface area contributed by atoms with E-state index in [0.717, 1.165) is 5.56 Å². The zero-order chi connectivity index (χ0) is 16.5. The van der Waals surface area contributed by atoms with Gasteiger partial charge in [0, 0.05) is 24.5 Å². The zero-order valence-corrected chi connectivity index (χ0v) is 12.5. The van der Waals surface area contributed by atoms with Crippen molar-refractivity contribution in [2.75, 3.05) is 7.11 Å². The molecule has 0 aliphatic rings. The molecule has 7 nitrogen and oxygen atoms in total. The molecule has 2 aromatic rings. The molecule has 0 spiro atoms. The van der Waals surface area contributed by atoms with E-state index in [-0.39, 0.29) is 6.54 Å². The van der Waals surface area contributed by atoms with Crippen molar-refractivity contribution in [1.82, 2.24) is 15.7 Å². The van der Waals surface area contributed by atoms with Gasteiger partial charge in [-0.3, -0.25) is 14.6 Å². The van der Waals surface area contributed by atoms with E-state index in [4.69, 9.17) is 4.74 Å². The van der Waals surface area contributed by atoms with Crippen LogP contribution in [0.2, 0.25) is 0 Å². The normalized spacial score (nSPS) is 10.3. The third-order valence-corrected chi connectivity index (χ3v) is 2.92. The summed E-state index contributed by atoms with van der Waals surface area (Å²) in [7, 11) is 1.54. The summed E-state index contributed by atoms with van der Waals surface area (Å²) in [6.45, 7) is 0.241. The second-order valence-corrected chi connectivity index (χ2v) is 4.48. The molecule has 0 fully saturated rings. The number of methoxy groups -OCH3 is 1. The lowest BCUT2D eigenvalue weighted by atomic mass is 10.2. The number of hydrazone groups is 1. The molecular formula is C16H16N4O3. The number of carbonyl (C=O) groups is 2. The van der Waals surface area contributed by atoms with Crippen LogP contribution in [-0.4, -0.2) is 30.1 Å². The molecule has 1 heterocycles. The van der Waals surface area contributed by atoms with E-state index in [2.05, 4.69) is 20.8 Å². The molecule has 0 saturated carbocycles. The second-order valence-electron chi connectivity index (χ2n) is 4.48. The van der Waals surface area contributed by atoms with Crippen LogP contribution in [-0.2, 0) is 16.1 Å². The average Bonchev–Trinajstić information content (AvgIpc) is 2.60. The van der Waals surface area contributed by atoms with Crippen LogP contribution in [0.4, 0.5) is 0 Å². The van der Waals surface area contributed by atoms with Gasteiger partial charge in [0.1, 0.15) is 5.75 Å². The van der Waals surface area contributed by atoms with Gasteiger partial charge in [-0.25, -0.2) is 5.43 Å². The van der Waals surface area contributed by atoms with Gasteiger partial charge in [-0.15, -0.1) is 0 Å². The predicted octanol–water partition coefficient (Wildman–Crippen LogP) is 0.857. The van der Waals surface area contributed by atoms with Gasteiger partial charge in [0.15, 0.2) is 0 Å². The van der Waals surface area contributed by atoms with Crippen molar-refractivity contribution in [3.8, 4) is 5.75 Å². The Morgan fingerprint density at radius 3 is 2.65 bits per heavy atom. The lowest BCUT2D eigenvalue weighted by Crippen LogP contribution is -2.37. The Balaban J connectivity index is 1.84. The maximum Gasteiger partial charge on any atom is 0.329 e. The van der Waals surface area contributed by atoms with E-state index < -0.39 is 11.8 Å². The number of carbonyl (C=O) groups excluding carboxylic acids is 2. The number of rotatable bonds is 5. The first-order valence-electron chi connectivity index (χ1n) is 6.84. The summed E-state index contributed by atoms with van der Waals surface area (Å²) in [6, 6.07) is 10.7. The first-order valence-corrected chi connectivity index (χ1v) is 6.84. The van der Waals surface area contributed by atoms with Crippen molar-refractivity contribution >= 4 is 18.0 Å². The van der Waals surface area contributed by atoms with Gasteiger partial charge in [0.05, 0.1) is 13.3 Å². The molecule has 2 amide bonds. The quantitative estimate of drug-likeness (QED) is 0.486. The number of aromatic nitrogens is 1. The Bertz CT molecular complexity index is 701. The Morgan fingerprint density at radius 2 is 1.91 bits per heavy atom. The van der Waals surface area contributed by atoms with Crippen LogP contribution in [0, 0.1) is 0 Å². The van der Waals surface area contributed by atoms with Crippen molar-refractivity contribution < 1.29 is 14.3 Å². The van der Waals surface area contributed by atoms with Crippen molar-refractivity contribution in [3.05, 3.63) is 59.9 Å². The second kappa shape index (κ2) is 8.28. The van der Waals surface area contributed by atoms with Crippen molar-refractivity contribution in [2.24, 2.45) is 5.10 Å². The molecule has 23 heavy (non-hydrogen) atoms. The standard InChI is InChI=1S/C16H16N4O3/c1-23-14-5-3-2-4-13(14)11-19-20-16(22)15(21)18-10-12-6-8-17-9-7-12/h2-9,11H,10H2,1H3,(H,18,21)(H,20,22)/b19-11-. The molecule has 0 bridgehead atoms. The number of nitrogens with one attached hydrogen (secondary N) is 2. The van der Waals surface area contributed by atoms with Crippen LogP contribution in [0.5, 0.6) is 5.75 Å². The summed E-state index contributed by atoms with van der Waals surface area (Å²) in [5.41, 5.74) is 3.70. The minimum atomic E-state index is -0.842. The zero-order valence-electron chi connectivity index (χ0n) is 12.5. The summed E-state index contributed by atoms with van der Waals surface area (Å²) >= 11 is 0. The van der Waals surface area contributed by atoms with Gasteiger partial charge in [0.25, 0.3) is 0 Å². The van der Waals surface area contributed by atoms with Gasteiger partial charge >= 0.3 is 11.8 Å². The Labute approximate surface area is 133 Å². The Morgan fingerprint density at radius 1 is 1.17 bits per heavy atom. The molecule has 1 aromatic heterocycles. The summed E-state index contributed by atoms with van der Waals surface area (Å²) in [5.74, 6) is -0.989. The van der Waals surface area contributed by atoms with E-state index in [1.165, 1.54) is 13.3 Å². The molecule has 118 valence electrons. The highest BCUT2D eigenvalue weighted by Crippen LogP contribution is 2.14. The number of hydrogen-bond donors (Lipinski definition) is 2. The minimum absolute atomic E-state index is 0.241. The van der Waals surface area contributed by atoms with Gasteiger partial charge in [0.2, 0.25) is 0 Å². The summed E-state index contributed by atoms with van der Waals surface area (Å²) < 4.78 is 5.15. The van der Waals surface area contributed by atoms with Crippen LogP contribution < -0.4 is 15.5 Å². The number of amides is 2. The minimum Gasteiger partial charge on any atom is -0.496 e. The summed E-state index contributed by atoms with van der Waals surface area (Å²) in [5, 5.41) is 6.24. The molecule has 7 heteroatoms. The van der Waals surface area contributed by atoms with E-state index in [1.807, 2.05) is 12.1 Å². The van der Waals surface area contributed by atoms with Gasteiger partial charge < -0.3 is 10.1 Å². The number of benzene rings is 1. The molecule has 0 saturated heterocycles. The van der Waals surface area contributed by atoms with Gasteiger partial charge in [-0.05, 0) is 29.8 Å². The lowest BCUT2D eigenvalue weighted by Gasteiger charge is -2.04. The molecule has 0 radical (unpaired) electrons. The highest BCUT2D eigenvalue weighted by atomic mass is 16.5. The number of ether oxygens (including phenoxy) is 1. The number of nitrogens with zero attached hydrogens (tertiary/aromatic N) is 2. The SMILES string of the molecule is COc1ccccc1/C=N\NC(=O)C(=O)NCc1ccncc1. The molecule has 0 unspecified atom stereocenters. The maximum absolute atomic E-state index is 11.6. The fourth-order valence-electron chi connectivity index (χ4n) is 1.75. The summed E-state index contributed by atoms with van der Waals surface area (Å²) in [6.07, 6.45) is 4.63. The van der Waals surface area contributed by atoms with Crippen LogP contribution >= 0.6 is 0 Å². The van der Waals surface area contributed by atoms with Crippen molar-refractivity contribution in [3.63, 3.8) is 0 Å². The summed E-state index contributed by atoms with van der Waals surface area (Å²) in [4.78, 5) is 27.1. The highest BCUT2D eigenvalue weighted by molar-refractivity contribution is 6.35. The van der Waals surface area contributed by atoms with Crippen LogP contribution in [0.15, 0.2) is 53.9 Å². The van der Waals surface area contributed by atoms with Gasteiger partial charge in [-0.1, -0.05) is 12.1 Å². The fourth-order valence-corrected chi connectivity index (χ4v) is 1.75. The molecule has 1 aromatic carbocycles. The number of pyridine rings is 1. The molecule has 2 N–H and O–H groups in total. The topological polar surface area (TPSA) is 92.7 Å². The molecule has 0 aliphatic heterocycles. The van der Waals surface area contributed by atoms with Crippen LogP contribution in [0.25, 0.3) is 0 Å². The monoisotopic (exact) mass is 312 g/mol. The van der Waals surface area contributed by atoms with E-state index in [1.54, 1.807) is 36.7 Å².